The van der Waals surface area contributed by atoms with E-state index in [1.165, 1.54) is 43.3 Å². The number of hydrogen-bond donors (Lipinski definition) is 5. The molecule has 17 heteroatoms. The van der Waals surface area contributed by atoms with Crippen LogP contribution in [0.15, 0.2) is 52.3 Å². The van der Waals surface area contributed by atoms with Gasteiger partial charge in [-0.2, -0.15) is 23.4 Å². The number of carbonyl (C=O) groups is 2. The van der Waals surface area contributed by atoms with Crippen molar-refractivity contribution in [3.8, 4) is 0 Å². The van der Waals surface area contributed by atoms with Crippen molar-refractivity contribution in [3.63, 3.8) is 0 Å². The van der Waals surface area contributed by atoms with Gasteiger partial charge in [-0.15, -0.1) is 0 Å². The number of carbonyl (C=O) groups excluding carboxylic acids is 2. The summed E-state index contributed by atoms with van der Waals surface area (Å²) in [4.78, 5) is 34.4. The Hall–Kier alpha value is -2.99. The van der Waals surface area contributed by atoms with Crippen LogP contribution in [-0.2, 0) is 24.5 Å². The van der Waals surface area contributed by atoms with Crippen molar-refractivity contribution < 1.29 is 35.9 Å². The van der Waals surface area contributed by atoms with Crippen LogP contribution in [0.4, 0.5) is 28.1 Å². The Morgan fingerprint density at radius 2 is 1.66 bits per heavy atom. The van der Waals surface area contributed by atoms with Gasteiger partial charge in [-0.05, 0) is 72.2 Å². The molecule has 0 radical (unpaired) electrons. The van der Waals surface area contributed by atoms with Gasteiger partial charge in [0.25, 0.3) is 10.1 Å². The third-order valence-corrected chi connectivity index (χ3v) is 8.10. The average Bonchev–Trinajstić information content (AvgIpc) is 2.72. The molecule has 0 fully saturated rings. The molecule has 0 saturated heterocycles. The smallest absolute Gasteiger partial charge is 0.311 e. The van der Waals surface area contributed by atoms with Crippen molar-refractivity contribution in [2.45, 2.75) is 16.7 Å². The molecule has 1 aromatic heterocycles. The monoisotopic (exact) mass is 561 g/mol. The number of hydrogen-bond acceptors (Lipinski definition) is 11. The molecule has 0 aliphatic carbocycles. The van der Waals surface area contributed by atoms with Crippen LogP contribution in [0.3, 0.4) is 0 Å². The second kappa shape index (κ2) is 9.57. The second-order valence-corrected chi connectivity index (χ2v) is 12.3. The quantitative estimate of drug-likeness (QED) is 0.158. The van der Waals surface area contributed by atoms with E-state index in [9.17, 15) is 35.9 Å². The molecule has 2 aromatic carbocycles. The summed E-state index contributed by atoms with van der Waals surface area (Å²) in [5.41, 5.74) is 0.274. The van der Waals surface area contributed by atoms with Crippen molar-refractivity contribution in [3.05, 3.63) is 53.3 Å². The lowest BCUT2D eigenvalue weighted by molar-refractivity contribution is 0.268. The molecule has 0 saturated carbocycles. The van der Waals surface area contributed by atoms with Crippen LogP contribution < -0.4 is 10.6 Å². The van der Waals surface area contributed by atoms with Crippen LogP contribution in [0, 0.1) is 6.92 Å². The third-order valence-electron chi connectivity index (χ3n) is 4.10. The molecule has 0 spiro atoms. The van der Waals surface area contributed by atoms with E-state index >= 15 is 0 Å². The van der Waals surface area contributed by atoms with E-state index in [1.54, 1.807) is 6.07 Å². The van der Waals surface area contributed by atoms with Gasteiger partial charge in [-0.1, -0.05) is 6.07 Å². The Balaban J connectivity index is 1.81. The van der Waals surface area contributed by atoms with Gasteiger partial charge >= 0.3 is 4.45 Å². The van der Waals surface area contributed by atoms with E-state index in [4.69, 9.17) is 11.6 Å². The maximum absolute atomic E-state index is 11.9. The molecule has 1 heterocycles. The van der Waals surface area contributed by atoms with Gasteiger partial charge in [0.15, 0.2) is 0 Å². The lowest BCUT2D eigenvalue weighted by Gasteiger charge is -2.20. The first-order valence-electron chi connectivity index (χ1n) is 9.13. The molecule has 13 nitrogen and oxygen atoms in total. The van der Waals surface area contributed by atoms with Crippen molar-refractivity contribution in [1.82, 2.24) is 15.0 Å². The summed E-state index contributed by atoms with van der Waals surface area (Å²) in [7, 11) is -10.4. The number of aromatic nitrogens is 3. The summed E-state index contributed by atoms with van der Waals surface area (Å²) < 4.78 is 60.6. The molecular weight excluding hydrogens is 546 g/mol. The number of halogens is 1. The lowest BCUT2D eigenvalue weighted by Crippen LogP contribution is -2.38. The zero-order chi connectivity index (χ0) is 26.0. The van der Waals surface area contributed by atoms with Crippen LogP contribution in [-0.4, -0.2) is 51.3 Å². The number of rotatable bonds is 7. The van der Waals surface area contributed by atoms with Gasteiger partial charge in [-0.25, -0.2) is 4.21 Å². The van der Waals surface area contributed by atoms with Crippen molar-refractivity contribution in [1.29, 1.82) is 0 Å². The molecule has 0 amide bonds. The number of nitrogens with zero attached hydrogens (tertiary/aromatic N) is 3. The summed E-state index contributed by atoms with van der Waals surface area (Å²) in [6, 6.07) is 9.80. The average molecular weight is 562 g/mol. The first-order valence-corrected chi connectivity index (χ1v) is 13.7. The fourth-order valence-electron chi connectivity index (χ4n) is 2.59. The number of anilines is 4. The normalized spacial score (nSPS) is 12.9. The fourth-order valence-corrected chi connectivity index (χ4v) is 5.09. The Bertz CT molecular complexity index is 1510. The predicted molar refractivity (Wildman–Crippen MR) is 130 cm³/mol. The topological polar surface area (TPSA) is 209 Å². The van der Waals surface area contributed by atoms with Crippen LogP contribution in [0.5, 0.6) is 0 Å². The van der Waals surface area contributed by atoms with Gasteiger partial charge in [0.05, 0.1) is 4.90 Å². The van der Waals surface area contributed by atoms with Crippen molar-refractivity contribution in [2.75, 3.05) is 10.6 Å². The van der Waals surface area contributed by atoms with Crippen LogP contribution in [0.25, 0.3) is 0 Å². The van der Waals surface area contributed by atoms with Gasteiger partial charge in [0, 0.05) is 16.3 Å². The number of aryl methyl sites for hydroxylation is 1. The zero-order valence-corrected chi connectivity index (χ0v) is 20.7. The Kier molecular flexibility index (Phi) is 7.28. The molecular formula is C18H16ClN5O8S3. The third kappa shape index (κ3) is 6.79. The van der Waals surface area contributed by atoms with E-state index in [2.05, 4.69) is 25.6 Å². The largest absolute Gasteiger partial charge is 0.324 e. The highest BCUT2D eigenvalue weighted by Crippen LogP contribution is 2.32. The Labute approximate surface area is 207 Å². The van der Waals surface area contributed by atoms with E-state index in [-0.39, 0.29) is 44.3 Å². The summed E-state index contributed by atoms with van der Waals surface area (Å²) in [5.74, 6) is -0.0482. The number of thioether (sulfide) groups is 1. The number of benzene rings is 2. The predicted octanol–water partition coefficient (Wildman–Crippen LogP) is 3.74. The fraction of sp³-hybridized carbons (Fsp3) is 0.0556. The molecule has 3 rings (SSSR count). The standard InChI is InChI=1S/C18H16ClN5O8S3/c1-10-7-12(5-6-14(10)34(27,28)29)21-17-23-15(19)22-16(24-17)20-11-3-2-4-13(8-11)33-18(26)35(30,31,32)9-25/h2-9H,1H3,(H,27,28,29)(H2,30,31,32)(H2,20,21,22,23,24). The first kappa shape index (κ1) is 26.6. The molecule has 35 heavy (non-hydrogen) atoms. The van der Waals surface area contributed by atoms with E-state index < -0.39 is 29.8 Å². The summed E-state index contributed by atoms with van der Waals surface area (Å²) in [5, 5.41) is 5.42. The van der Waals surface area contributed by atoms with E-state index in [1.807, 2.05) is 0 Å². The van der Waals surface area contributed by atoms with Crippen LogP contribution in [0.1, 0.15) is 5.56 Å². The van der Waals surface area contributed by atoms with Gasteiger partial charge in [0.1, 0.15) is 0 Å². The summed E-state index contributed by atoms with van der Waals surface area (Å²) >= 11 is 6.14. The SMILES string of the molecule is Cc1cc(Nc2nc(Cl)nc(Nc3cccc(SC(=O)S(=O)(O)(O)C=O)c3)n2)ccc1S(=O)(=O)O. The number of nitrogens with one attached hydrogen (secondary N) is 2. The lowest BCUT2D eigenvalue weighted by atomic mass is 10.2. The molecule has 0 unspecified atom stereocenters. The summed E-state index contributed by atoms with van der Waals surface area (Å²) in [6.45, 7) is 1.49. The molecule has 5 N–H and O–H groups in total. The maximum atomic E-state index is 11.9. The molecule has 3 aromatic rings. The molecule has 0 aliphatic rings. The van der Waals surface area contributed by atoms with E-state index in [0.29, 0.717) is 11.4 Å². The first-order chi connectivity index (χ1) is 16.1. The van der Waals surface area contributed by atoms with Crippen molar-refractivity contribution >= 4 is 76.4 Å². The highest BCUT2D eigenvalue weighted by Gasteiger charge is 2.40. The molecule has 0 aliphatic heterocycles. The Morgan fingerprint density at radius 3 is 2.20 bits per heavy atom. The highest BCUT2D eigenvalue weighted by atomic mass is 35.5. The van der Waals surface area contributed by atoms with Crippen LogP contribution >= 0.6 is 23.4 Å². The van der Waals surface area contributed by atoms with Gasteiger partial charge < -0.3 is 10.6 Å². The minimum absolute atomic E-state index is 0.0125. The highest BCUT2D eigenvalue weighted by molar-refractivity contribution is 8.48. The minimum atomic E-state index is -6.07. The Morgan fingerprint density at radius 1 is 1.06 bits per heavy atom. The summed E-state index contributed by atoms with van der Waals surface area (Å²) in [6.07, 6.45) is 0. The molecule has 0 bridgehead atoms. The zero-order valence-electron chi connectivity index (χ0n) is 17.4. The molecule has 0 atom stereocenters. The van der Waals surface area contributed by atoms with E-state index in [0.717, 1.165) is 0 Å². The van der Waals surface area contributed by atoms with Gasteiger partial charge in [0.2, 0.25) is 32.4 Å². The second-order valence-electron chi connectivity index (χ2n) is 6.85. The minimum Gasteiger partial charge on any atom is -0.324 e. The molecule has 186 valence electrons. The van der Waals surface area contributed by atoms with Crippen LogP contribution in [0.2, 0.25) is 5.28 Å². The van der Waals surface area contributed by atoms with Crippen molar-refractivity contribution in [2.24, 2.45) is 0 Å². The van der Waals surface area contributed by atoms with Gasteiger partial charge in [-0.3, -0.25) is 23.2 Å². The maximum Gasteiger partial charge on any atom is 0.311 e.